The molecule has 5 rings (SSSR count). The molecule has 0 radical (unpaired) electrons. The van der Waals surface area contributed by atoms with Crippen LogP contribution in [0, 0.1) is 0 Å². The molecule has 0 saturated heterocycles. The molecule has 5 aromatic carbocycles. The lowest BCUT2D eigenvalue weighted by Gasteiger charge is -2.19. The zero-order valence-electron chi connectivity index (χ0n) is 28.1. The molecule has 0 aliphatic carbocycles. The van der Waals surface area contributed by atoms with E-state index in [0.29, 0.717) is 56.3 Å². The van der Waals surface area contributed by atoms with Crippen molar-refractivity contribution in [2.45, 2.75) is 17.1 Å². The largest absolute Gasteiger partial charge is 0.495 e. The van der Waals surface area contributed by atoms with Gasteiger partial charge >= 0.3 is 0 Å². The maximum absolute atomic E-state index is 13.9. The topological polar surface area (TPSA) is 115 Å². The molecule has 51 heavy (non-hydrogen) atoms. The molecule has 0 aliphatic rings. The highest BCUT2D eigenvalue weighted by Gasteiger charge is 2.24. The van der Waals surface area contributed by atoms with Crippen LogP contribution in [0.1, 0.15) is 33.7 Å². The monoisotopic (exact) mass is 721 g/mol. The van der Waals surface area contributed by atoms with Crippen molar-refractivity contribution in [1.82, 2.24) is 5.32 Å². The maximum Gasteiger partial charge on any atom is 0.272 e. The number of carbonyl (C=O) groups excluding carboxylic acids is 3. The first-order chi connectivity index (χ1) is 24.8. The zero-order chi connectivity index (χ0) is 36.2. The van der Waals surface area contributed by atoms with Crippen molar-refractivity contribution in [2.24, 2.45) is 0 Å². The summed E-state index contributed by atoms with van der Waals surface area (Å²) in [6, 6.07) is 35.5. The van der Waals surface area contributed by atoms with E-state index in [2.05, 4.69) is 16.0 Å². The molecule has 0 bridgehead atoms. The Hall–Kier alpha value is -5.71. The Balaban J connectivity index is 1.39. The second kappa shape index (κ2) is 17.8. The standard InChI is InChI=1S/C40H36ClN3O6S/c1-4-50-30-20-18-26(19-21-30)22-34(44-38(45)28-14-9-6-10-15-28)39(46)42-29-16-11-17-31(23-29)51-37(27-12-7-5-8-13-27)40(47)43-33-24-32(41)35(48-2)25-36(33)49-3/h5-25,37H,4H2,1-3H3,(H,42,46)(H,43,47)(H,44,45)/b34-22+. The van der Waals surface area contributed by atoms with E-state index in [1.54, 1.807) is 84.9 Å². The Morgan fingerprint density at radius 3 is 2.14 bits per heavy atom. The van der Waals surface area contributed by atoms with E-state index in [1.807, 2.05) is 49.4 Å². The van der Waals surface area contributed by atoms with Crippen LogP contribution < -0.4 is 30.2 Å². The van der Waals surface area contributed by atoms with Gasteiger partial charge in [0.15, 0.2) is 0 Å². The predicted molar refractivity (Wildman–Crippen MR) is 203 cm³/mol. The van der Waals surface area contributed by atoms with E-state index >= 15 is 0 Å². The minimum Gasteiger partial charge on any atom is -0.495 e. The summed E-state index contributed by atoms with van der Waals surface area (Å²) in [5.74, 6) is 0.216. The Morgan fingerprint density at radius 1 is 0.784 bits per heavy atom. The molecule has 3 N–H and O–H groups in total. The van der Waals surface area contributed by atoms with Gasteiger partial charge in [-0.25, -0.2) is 0 Å². The number of hydrogen-bond acceptors (Lipinski definition) is 7. The molecule has 3 amide bonds. The Morgan fingerprint density at radius 2 is 1.47 bits per heavy atom. The molecule has 0 aliphatic heterocycles. The van der Waals surface area contributed by atoms with Crippen molar-refractivity contribution in [1.29, 1.82) is 0 Å². The summed E-state index contributed by atoms with van der Waals surface area (Å²) >= 11 is 7.67. The first-order valence-corrected chi connectivity index (χ1v) is 17.2. The molecule has 0 fully saturated rings. The number of hydrogen-bond donors (Lipinski definition) is 3. The van der Waals surface area contributed by atoms with Crippen molar-refractivity contribution >= 4 is 58.5 Å². The fourth-order valence-corrected chi connectivity index (χ4v) is 6.30. The van der Waals surface area contributed by atoms with Crippen molar-refractivity contribution < 1.29 is 28.6 Å². The molecule has 1 atom stereocenters. The van der Waals surface area contributed by atoms with Crippen LogP contribution in [0.3, 0.4) is 0 Å². The average molecular weight is 722 g/mol. The van der Waals surface area contributed by atoms with Gasteiger partial charge in [0.05, 0.1) is 31.5 Å². The van der Waals surface area contributed by atoms with Crippen LogP contribution in [-0.2, 0) is 9.59 Å². The minimum atomic E-state index is -0.692. The van der Waals surface area contributed by atoms with Gasteiger partial charge in [-0.3, -0.25) is 14.4 Å². The molecular formula is C40H36ClN3O6S. The summed E-state index contributed by atoms with van der Waals surface area (Å²) in [7, 11) is 2.99. The Bertz CT molecular complexity index is 2010. The van der Waals surface area contributed by atoms with Crippen LogP contribution in [0.25, 0.3) is 6.08 Å². The van der Waals surface area contributed by atoms with Crippen LogP contribution in [-0.4, -0.2) is 38.5 Å². The van der Waals surface area contributed by atoms with Gasteiger partial charge in [0, 0.05) is 22.2 Å². The van der Waals surface area contributed by atoms with Crippen LogP contribution in [0.5, 0.6) is 17.2 Å². The summed E-state index contributed by atoms with van der Waals surface area (Å²) in [6.07, 6.45) is 1.60. The molecule has 260 valence electrons. The SMILES string of the molecule is CCOc1ccc(/C=C(/NC(=O)c2ccccc2)C(=O)Nc2cccc(SC(C(=O)Nc3cc(Cl)c(OC)cc3OC)c3ccccc3)c2)cc1. The van der Waals surface area contributed by atoms with E-state index < -0.39 is 17.1 Å². The molecular weight excluding hydrogens is 686 g/mol. The van der Waals surface area contributed by atoms with Crippen molar-refractivity contribution in [3.8, 4) is 17.2 Å². The number of rotatable bonds is 14. The lowest BCUT2D eigenvalue weighted by molar-refractivity contribution is -0.116. The third kappa shape index (κ3) is 9.94. The van der Waals surface area contributed by atoms with Crippen molar-refractivity contribution in [2.75, 3.05) is 31.5 Å². The Labute approximate surface area is 306 Å². The normalized spacial score (nSPS) is 11.6. The molecule has 9 nitrogen and oxygen atoms in total. The third-order valence-electron chi connectivity index (χ3n) is 7.45. The van der Waals surface area contributed by atoms with Gasteiger partial charge in [-0.2, -0.15) is 0 Å². The average Bonchev–Trinajstić information content (AvgIpc) is 3.15. The van der Waals surface area contributed by atoms with Gasteiger partial charge in [0.25, 0.3) is 11.8 Å². The summed E-state index contributed by atoms with van der Waals surface area (Å²) in [5.41, 5.74) is 2.75. The van der Waals surface area contributed by atoms with E-state index in [1.165, 1.54) is 26.0 Å². The van der Waals surface area contributed by atoms with Gasteiger partial charge < -0.3 is 30.2 Å². The molecule has 0 saturated carbocycles. The molecule has 5 aromatic rings. The zero-order valence-corrected chi connectivity index (χ0v) is 29.7. The lowest BCUT2D eigenvalue weighted by atomic mass is 10.1. The van der Waals surface area contributed by atoms with E-state index in [4.69, 9.17) is 25.8 Å². The highest BCUT2D eigenvalue weighted by atomic mass is 35.5. The molecule has 0 spiro atoms. The van der Waals surface area contributed by atoms with Crippen molar-refractivity contribution in [3.05, 3.63) is 149 Å². The van der Waals surface area contributed by atoms with Gasteiger partial charge in [-0.05, 0) is 72.7 Å². The fourth-order valence-electron chi connectivity index (χ4n) is 4.97. The van der Waals surface area contributed by atoms with Gasteiger partial charge in [-0.1, -0.05) is 78.3 Å². The van der Waals surface area contributed by atoms with Gasteiger partial charge in [0.1, 0.15) is 28.2 Å². The van der Waals surface area contributed by atoms with Crippen LogP contribution in [0.4, 0.5) is 11.4 Å². The predicted octanol–water partition coefficient (Wildman–Crippen LogP) is 8.64. The number of benzene rings is 5. The highest BCUT2D eigenvalue weighted by Crippen LogP contribution is 2.40. The summed E-state index contributed by atoms with van der Waals surface area (Å²) in [4.78, 5) is 41.4. The van der Waals surface area contributed by atoms with Gasteiger partial charge in [0.2, 0.25) is 5.91 Å². The molecule has 0 heterocycles. The number of amides is 3. The number of anilines is 2. The van der Waals surface area contributed by atoms with Crippen LogP contribution in [0.15, 0.2) is 132 Å². The van der Waals surface area contributed by atoms with E-state index in [0.717, 1.165) is 5.56 Å². The smallest absolute Gasteiger partial charge is 0.272 e. The fraction of sp³-hybridized carbons (Fsp3) is 0.125. The number of ether oxygens (including phenoxy) is 3. The van der Waals surface area contributed by atoms with E-state index in [9.17, 15) is 14.4 Å². The van der Waals surface area contributed by atoms with E-state index in [-0.39, 0.29) is 11.6 Å². The minimum absolute atomic E-state index is 0.0414. The molecule has 0 aromatic heterocycles. The number of thioether (sulfide) groups is 1. The second-order valence-electron chi connectivity index (χ2n) is 10.9. The van der Waals surface area contributed by atoms with Crippen LogP contribution in [0.2, 0.25) is 5.02 Å². The quantitative estimate of drug-likeness (QED) is 0.0777. The Kier molecular flexibility index (Phi) is 12.8. The van der Waals surface area contributed by atoms with Gasteiger partial charge in [-0.15, -0.1) is 11.8 Å². The number of nitrogens with one attached hydrogen (secondary N) is 3. The number of halogens is 1. The second-order valence-corrected chi connectivity index (χ2v) is 12.5. The maximum atomic E-state index is 13.9. The summed E-state index contributed by atoms with van der Waals surface area (Å²) in [5, 5.41) is 8.24. The molecule has 11 heteroatoms. The van der Waals surface area contributed by atoms with Crippen LogP contribution >= 0.6 is 23.4 Å². The summed E-state index contributed by atoms with van der Waals surface area (Å²) in [6.45, 7) is 2.42. The third-order valence-corrected chi connectivity index (χ3v) is 8.99. The highest BCUT2D eigenvalue weighted by molar-refractivity contribution is 8.00. The first kappa shape index (κ1) is 36.6. The first-order valence-electron chi connectivity index (χ1n) is 15.9. The summed E-state index contributed by atoms with van der Waals surface area (Å²) < 4.78 is 16.3. The number of methoxy groups -OCH3 is 2. The lowest BCUT2D eigenvalue weighted by Crippen LogP contribution is -2.30. The van der Waals surface area contributed by atoms with Crippen molar-refractivity contribution in [3.63, 3.8) is 0 Å². The molecule has 1 unspecified atom stereocenters. The number of carbonyl (C=O) groups is 3.